The van der Waals surface area contributed by atoms with Crippen LogP contribution in [0.1, 0.15) is 110 Å². The fraction of sp³-hybridized carbons (Fsp3) is 0.912. The fourth-order valence-corrected chi connectivity index (χ4v) is 7.19. The zero-order valence-corrected chi connectivity index (χ0v) is 32.8. The third-order valence-corrected chi connectivity index (χ3v) is 10.9. The third-order valence-electron chi connectivity index (χ3n) is 8.58. The van der Waals surface area contributed by atoms with Crippen LogP contribution in [0.15, 0.2) is 14.4 Å². The predicted molar refractivity (Wildman–Crippen MR) is 193 cm³/mol. The second-order valence-corrected chi connectivity index (χ2v) is 15.8. The van der Waals surface area contributed by atoms with Gasteiger partial charge in [-0.05, 0) is 61.5 Å². The van der Waals surface area contributed by atoms with E-state index in [2.05, 4.69) is 4.74 Å². The van der Waals surface area contributed by atoms with Gasteiger partial charge in [0.1, 0.15) is 6.54 Å². The van der Waals surface area contributed by atoms with Crippen LogP contribution in [-0.2, 0) is 24.4 Å². The van der Waals surface area contributed by atoms with Crippen molar-refractivity contribution in [1.29, 1.82) is 0 Å². The van der Waals surface area contributed by atoms with E-state index in [9.17, 15) is 58.3 Å². The third kappa shape index (κ3) is 17.0. The second kappa shape index (κ2) is 24.9. The van der Waals surface area contributed by atoms with Crippen LogP contribution in [0.25, 0.3) is 0 Å². The van der Waals surface area contributed by atoms with Crippen molar-refractivity contribution in [3.63, 3.8) is 0 Å². The molecule has 0 spiro atoms. The highest BCUT2D eigenvalue weighted by Gasteiger charge is 2.75. The van der Waals surface area contributed by atoms with Gasteiger partial charge in [0.25, 0.3) is 0 Å². The minimum absolute atomic E-state index is 0.0959. The van der Waals surface area contributed by atoms with Crippen molar-refractivity contribution in [2.45, 2.75) is 159 Å². The summed E-state index contributed by atoms with van der Waals surface area (Å²) in [6.07, 6.45) is -0.240. The molecule has 0 aliphatic rings. The zero-order chi connectivity index (χ0) is 41.8. The number of ether oxygens (including phenoxy) is 1. The molecule has 1 aromatic heterocycles. The fourth-order valence-electron chi connectivity index (χ4n) is 5.30. The molecule has 0 radical (unpaired) electrons. The molecule has 0 saturated carbocycles. The lowest BCUT2D eigenvalue weighted by Gasteiger charge is -2.34. The van der Waals surface area contributed by atoms with Crippen molar-refractivity contribution in [3.8, 4) is 0 Å². The summed E-state index contributed by atoms with van der Waals surface area (Å²) in [6, 6.07) is 0. The summed E-state index contributed by atoms with van der Waals surface area (Å²) in [7, 11) is 0. The summed E-state index contributed by atoms with van der Waals surface area (Å²) in [5.41, 5.74) is -4.82. The Hall–Kier alpha value is -1.71. The molecule has 324 valence electrons. The molecule has 0 bridgehead atoms. The Morgan fingerprint density at radius 3 is 1.18 bits per heavy atom. The van der Waals surface area contributed by atoms with E-state index in [-0.39, 0.29) is 26.1 Å². The highest BCUT2D eigenvalue weighted by molar-refractivity contribution is 7.99. The van der Waals surface area contributed by atoms with E-state index < -0.39 is 78.2 Å². The van der Waals surface area contributed by atoms with Gasteiger partial charge in [-0.25, -0.2) is 32.8 Å². The molecular weight excluding hydrogens is 801 g/mol. The maximum atomic E-state index is 14.9. The molecule has 55 heavy (non-hydrogen) atoms. The summed E-state index contributed by atoms with van der Waals surface area (Å²) in [5, 5.41) is 17.6. The number of alkyl halides is 10. The number of halogens is 10. The Balaban J connectivity index is 3.10. The van der Waals surface area contributed by atoms with Gasteiger partial charge in [-0.2, -0.15) is 67.4 Å². The van der Waals surface area contributed by atoms with Gasteiger partial charge in [0.2, 0.25) is 0 Å². The van der Waals surface area contributed by atoms with Crippen LogP contribution in [0.4, 0.5) is 43.9 Å². The van der Waals surface area contributed by atoms with Gasteiger partial charge >= 0.3 is 47.1 Å². The molecule has 1 rings (SSSR count). The van der Waals surface area contributed by atoms with Crippen molar-refractivity contribution in [2.75, 3.05) is 36.2 Å². The van der Waals surface area contributed by atoms with Gasteiger partial charge in [0.15, 0.2) is 0 Å². The summed E-state index contributed by atoms with van der Waals surface area (Å²) in [5.74, 6) is -16.2. The first kappa shape index (κ1) is 51.3. The van der Waals surface area contributed by atoms with Crippen LogP contribution < -0.4 is 17.1 Å². The first-order valence-electron chi connectivity index (χ1n) is 18.6. The van der Waals surface area contributed by atoms with Crippen molar-refractivity contribution < 1.29 is 58.9 Å². The highest BCUT2D eigenvalue weighted by Crippen LogP contribution is 2.50. The number of aromatic nitrogens is 3. The van der Waals surface area contributed by atoms with Crippen LogP contribution in [0, 0.1) is 0 Å². The number of rotatable bonds is 33. The average molecular weight is 856 g/mol. The van der Waals surface area contributed by atoms with Crippen LogP contribution in [-0.4, -0.2) is 90.1 Å². The standard InChI is InChI=1S/C34H55F10N3O6S2/c1-30(35,36)32(39,40)34(43,44)53-33(41,42)31(37,38)26-47-28(51)45(18-16-24-54-22-14-10-6-2-4-8-12-20-48)27(50)46(29(47)52)19-17-25-55-23-15-11-7-3-5-9-13-21-49/h48-49H,2-26H2,1H3. The van der Waals surface area contributed by atoms with Gasteiger partial charge in [0.05, 0.1) is 0 Å². The molecule has 0 atom stereocenters. The molecule has 0 aliphatic carbocycles. The maximum Gasteiger partial charge on any atom is 0.430 e. The Kier molecular flexibility index (Phi) is 23.3. The van der Waals surface area contributed by atoms with Crippen molar-refractivity contribution in [3.05, 3.63) is 31.5 Å². The lowest BCUT2D eigenvalue weighted by atomic mass is 10.1. The minimum atomic E-state index is -6.84. The molecule has 9 nitrogen and oxygen atoms in total. The number of aliphatic hydroxyl groups is 2. The van der Waals surface area contributed by atoms with Crippen LogP contribution in [0.5, 0.6) is 0 Å². The van der Waals surface area contributed by atoms with Gasteiger partial charge in [-0.3, -0.25) is 0 Å². The quantitative estimate of drug-likeness (QED) is 0.0541. The summed E-state index contributed by atoms with van der Waals surface area (Å²) < 4.78 is 142. The second-order valence-electron chi connectivity index (χ2n) is 13.4. The normalized spacial score (nSPS) is 13.3. The van der Waals surface area contributed by atoms with Gasteiger partial charge in [-0.15, -0.1) is 0 Å². The number of aliphatic hydroxyl groups excluding tert-OH is 2. The van der Waals surface area contributed by atoms with Crippen LogP contribution >= 0.6 is 23.5 Å². The van der Waals surface area contributed by atoms with Crippen LogP contribution in [0.2, 0.25) is 0 Å². The van der Waals surface area contributed by atoms with Crippen molar-refractivity contribution in [2.24, 2.45) is 0 Å². The van der Waals surface area contributed by atoms with Crippen LogP contribution in [0.3, 0.4) is 0 Å². The first-order chi connectivity index (χ1) is 25.7. The molecule has 1 aromatic rings. The first-order valence-corrected chi connectivity index (χ1v) is 20.9. The molecule has 21 heteroatoms. The van der Waals surface area contributed by atoms with E-state index in [1.807, 2.05) is 0 Å². The highest BCUT2D eigenvalue weighted by atomic mass is 32.2. The van der Waals surface area contributed by atoms with Gasteiger partial charge in [-0.1, -0.05) is 64.2 Å². The van der Waals surface area contributed by atoms with E-state index in [4.69, 9.17) is 10.2 Å². The molecule has 0 fully saturated rings. The van der Waals surface area contributed by atoms with E-state index >= 15 is 0 Å². The zero-order valence-electron chi connectivity index (χ0n) is 31.1. The Morgan fingerprint density at radius 2 is 0.818 bits per heavy atom. The number of nitrogens with zero attached hydrogens (tertiary/aromatic N) is 3. The number of hydrogen-bond acceptors (Lipinski definition) is 8. The van der Waals surface area contributed by atoms with E-state index in [0.29, 0.717) is 32.1 Å². The smallest absolute Gasteiger partial charge is 0.396 e. The average Bonchev–Trinajstić information content (AvgIpc) is 3.09. The topological polar surface area (TPSA) is 116 Å². The molecule has 0 saturated heterocycles. The number of hydrogen-bond donors (Lipinski definition) is 2. The molecule has 1 heterocycles. The minimum Gasteiger partial charge on any atom is -0.396 e. The molecule has 0 amide bonds. The molecule has 0 unspecified atom stereocenters. The summed E-state index contributed by atoms with van der Waals surface area (Å²) >= 11 is 2.92. The Morgan fingerprint density at radius 1 is 0.491 bits per heavy atom. The monoisotopic (exact) mass is 855 g/mol. The maximum absolute atomic E-state index is 14.9. The predicted octanol–water partition coefficient (Wildman–Crippen LogP) is 7.99. The molecular formula is C34H55F10N3O6S2. The largest absolute Gasteiger partial charge is 0.430 e. The summed E-state index contributed by atoms with van der Waals surface area (Å²) in [4.78, 5) is 39.5. The van der Waals surface area contributed by atoms with Crippen molar-refractivity contribution >= 4 is 23.5 Å². The van der Waals surface area contributed by atoms with Gasteiger partial charge in [0, 0.05) is 33.2 Å². The lowest BCUT2D eigenvalue weighted by Crippen LogP contribution is -2.61. The van der Waals surface area contributed by atoms with Crippen molar-refractivity contribution in [1.82, 2.24) is 13.7 Å². The number of thioether (sulfide) groups is 2. The Labute approximate surface area is 322 Å². The summed E-state index contributed by atoms with van der Waals surface area (Å²) in [6.45, 7) is -4.07. The lowest BCUT2D eigenvalue weighted by molar-refractivity contribution is -0.485. The molecule has 2 N–H and O–H groups in total. The van der Waals surface area contributed by atoms with E-state index in [1.54, 1.807) is 0 Å². The molecule has 0 aromatic carbocycles. The van der Waals surface area contributed by atoms with Gasteiger partial charge < -0.3 is 10.2 Å². The molecule has 0 aliphatic heterocycles. The van der Waals surface area contributed by atoms with E-state index in [1.165, 1.54) is 23.5 Å². The number of unbranched alkanes of at least 4 members (excludes halogenated alkanes) is 12. The Bertz CT molecular complexity index is 1340. The van der Waals surface area contributed by atoms with E-state index in [0.717, 1.165) is 89.9 Å². The SMILES string of the molecule is CC(F)(F)C(F)(F)C(F)(F)OC(F)(F)C(F)(F)Cn1c(=O)n(CCCSCCCCCCCCCO)c(=O)n(CCCSCCCCCCCCCO)c1=O.